The first kappa shape index (κ1) is 13.2. The van der Waals surface area contributed by atoms with E-state index in [0.29, 0.717) is 0 Å². The lowest BCUT2D eigenvalue weighted by atomic mass is 10.1. The van der Waals surface area contributed by atoms with Gasteiger partial charge < -0.3 is 10.5 Å². The number of carbonyl (C=O) groups excluding carboxylic acids is 1. The van der Waals surface area contributed by atoms with Crippen molar-refractivity contribution in [3.63, 3.8) is 0 Å². The summed E-state index contributed by atoms with van der Waals surface area (Å²) in [4.78, 5) is 10.8. The van der Waals surface area contributed by atoms with Crippen LogP contribution >= 0.6 is 0 Å². The van der Waals surface area contributed by atoms with Crippen molar-refractivity contribution < 1.29 is 22.7 Å². The Morgan fingerprint density at radius 1 is 1.43 bits per heavy atom. The van der Waals surface area contributed by atoms with Crippen molar-refractivity contribution in [2.75, 3.05) is 0 Å². The van der Waals surface area contributed by atoms with Crippen molar-refractivity contribution in [1.29, 1.82) is 0 Å². The molecule has 0 unspecified atom stereocenters. The molecule has 0 aromatic carbocycles. The predicted molar refractivity (Wildman–Crippen MR) is 44.5 cm³/mol. The average molecular weight is 213 g/mol. The minimum absolute atomic E-state index is 0.307. The maximum Gasteiger partial charge on any atom is 0.403 e. The van der Waals surface area contributed by atoms with Crippen molar-refractivity contribution in [2.24, 2.45) is 5.73 Å². The number of alkyl halides is 3. The Morgan fingerprint density at radius 2 is 1.93 bits per heavy atom. The molecule has 0 rings (SSSR count). The fourth-order valence-corrected chi connectivity index (χ4v) is 0.759. The molecule has 0 amide bonds. The predicted octanol–water partition coefficient (Wildman–Crippen LogP) is 1.61. The van der Waals surface area contributed by atoms with Crippen molar-refractivity contribution in [3.05, 3.63) is 0 Å². The molecule has 0 heterocycles. The molecule has 0 radical (unpaired) electrons. The molecule has 0 aliphatic heterocycles. The van der Waals surface area contributed by atoms with Gasteiger partial charge in [-0.3, -0.25) is 4.79 Å². The second-order valence-corrected chi connectivity index (χ2v) is 3.23. The third-order valence-electron chi connectivity index (χ3n) is 1.45. The van der Waals surface area contributed by atoms with E-state index in [2.05, 4.69) is 4.74 Å². The molecular weight excluding hydrogens is 199 g/mol. The molecule has 0 aromatic heterocycles. The minimum atomic E-state index is -4.45. The molecule has 0 saturated heterocycles. The zero-order chi connectivity index (χ0) is 11.4. The molecule has 84 valence electrons. The quantitative estimate of drug-likeness (QED) is 0.722. The standard InChI is InChI=1S/C8H14F3NO2/c1-5(2)14-7(13)4-3-6(12)8(9,10)11/h5-6H,3-4,12H2,1-2H3/t6-/m1/s1. The van der Waals surface area contributed by atoms with E-state index in [4.69, 9.17) is 5.73 Å². The summed E-state index contributed by atoms with van der Waals surface area (Å²) >= 11 is 0. The number of nitrogens with two attached hydrogens (primary N) is 1. The summed E-state index contributed by atoms with van der Waals surface area (Å²) in [6, 6.07) is -1.96. The lowest BCUT2D eigenvalue weighted by Crippen LogP contribution is -2.37. The molecule has 1 atom stereocenters. The molecule has 14 heavy (non-hydrogen) atoms. The number of carbonyl (C=O) groups is 1. The monoisotopic (exact) mass is 213 g/mol. The van der Waals surface area contributed by atoms with Crippen molar-refractivity contribution in [1.82, 2.24) is 0 Å². The first-order valence-corrected chi connectivity index (χ1v) is 4.25. The molecule has 0 fully saturated rings. The van der Waals surface area contributed by atoms with Crippen LogP contribution in [0.2, 0.25) is 0 Å². The van der Waals surface area contributed by atoms with Crippen LogP contribution in [0.3, 0.4) is 0 Å². The number of ether oxygens (including phenoxy) is 1. The summed E-state index contributed by atoms with van der Waals surface area (Å²) in [6.07, 6.45) is -5.50. The van der Waals surface area contributed by atoms with Crippen LogP contribution in [0.15, 0.2) is 0 Å². The van der Waals surface area contributed by atoms with Gasteiger partial charge in [0.05, 0.1) is 6.10 Å². The smallest absolute Gasteiger partial charge is 0.403 e. The third-order valence-corrected chi connectivity index (χ3v) is 1.45. The Morgan fingerprint density at radius 3 is 2.29 bits per heavy atom. The van der Waals surface area contributed by atoms with Crippen molar-refractivity contribution in [2.45, 2.75) is 45.0 Å². The lowest BCUT2D eigenvalue weighted by Gasteiger charge is -2.15. The highest BCUT2D eigenvalue weighted by Gasteiger charge is 2.36. The van der Waals surface area contributed by atoms with E-state index in [-0.39, 0.29) is 12.5 Å². The zero-order valence-corrected chi connectivity index (χ0v) is 8.10. The van der Waals surface area contributed by atoms with Crippen LogP contribution in [-0.2, 0) is 9.53 Å². The second kappa shape index (κ2) is 5.19. The topological polar surface area (TPSA) is 52.3 Å². The fourth-order valence-electron chi connectivity index (χ4n) is 0.759. The highest BCUT2D eigenvalue weighted by Crippen LogP contribution is 2.21. The lowest BCUT2D eigenvalue weighted by molar-refractivity contribution is -0.155. The SMILES string of the molecule is CC(C)OC(=O)CC[C@@H](N)C(F)(F)F. The zero-order valence-electron chi connectivity index (χ0n) is 8.10. The van der Waals surface area contributed by atoms with Gasteiger partial charge in [0, 0.05) is 6.42 Å². The Labute approximate surface area is 80.4 Å². The highest BCUT2D eigenvalue weighted by atomic mass is 19.4. The van der Waals surface area contributed by atoms with Gasteiger partial charge in [0.15, 0.2) is 0 Å². The van der Waals surface area contributed by atoms with Gasteiger partial charge in [0.1, 0.15) is 6.04 Å². The minimum Gasteiger partial charge on any atom is -0.463 e. The first-order valence-electron chi connectivity index (χ1n) is 4.25. The van der Waals surface area contributed by atoms with E-state index in [9.17, 15) is 18.0 Å². The summed E-state index contributed by atoms with van der Waals surface area (Å²) < 4.78 is 40.3. The number of hydrogen-bond acceptors (Lipinski definition) is 3. The van der Waals surface area contributed by atoms with Crippen LogP contribution in [0.4, 0.5) is 13.2 Å². The summed E-state index contributed by atoms with van der Waals surface area (Å²) in [5, 5.41) is 0. The summed E-state index contributed by atoms with van der Waals surface area (Å²) in [5.41, 5.74) is 4.80. The van der Waals surface area contributed by atoms with E-state index in [1.807, 2.05) is 0 Å². The maximum absolute atomic E-state index is 11.9. The van der Waals surface area contributed by atoms with Gasteiger partial charge in [-0.2, -0.15) is 13.2 Å². The van der Waals surface area contributed by atoms with Crippen LogP contribution in [0, 0.1) is 0 Å². The van der Waals surface area contributed by atoms with Crippen LogP contribution in [0.5, 0.6) is 0 Å². The number of rotatable bonds is 4. The van der Waals surface area contributed by atoms with E-state index >= 15 is 0 Å². The Hall–Kier alpha value is -0.780. The van der Waals surface area contributed by atoms with E-state index < -0.39 is 24.6 Å². The molecule has 2 N–H and O–H groups in total. The molecule has 0 aliphatic rings. The highest BCUT2D eigenvalue weighted by molar-refractivity contribution is 5.69. The Balaban J connectivity index is 3.78. The van der Waals surface area contributed by atoms with E-state index in [1.54, 1.807) is 13.8 Å². The molecule has 3 nitrogen and oxygen atoms in total. The largest absolute Gasteiger partial charge is 0.463 e. The van der Waals surface area contributed by atoms with Gasteiger partial charge in [0.2, 0.25) is 0 Å². The van der Waals surface area contributed by atoms with Crippen LogP contribution in [0.1, 0.15) is 26.7 Å². The van der Waals surface area contributed by atoms with Crippen LogP contribution in [0.25, 0.3) is 0 Å². The van der Waals surface area contributed by atoms with E-state index in [0.717, 1.165) is 0 Å². The maximum atomic E-state index is 11.9. The molecule has 6 heteroatoms. The van der Waals surface area contributed by atoms with Gasteiger partial charge in [-0.1, -0.05) is 0 Å². The fraction of sp³-hybridized carbons (Fsp3) is 0.875. The van der Waals surface area contributed by atoms with Crippen molar-refractivity contribution >= 4 is 5.97 Å². The Bertz CT molecular complexity index is 192. The number of halogens is 3. The van der Waals surface area contributed by atoms with Gasteiger partial charge in [0.25, 0.3) is 0 Å². The summed E-state index contributed by atoms with van der Waals surface area (Å²) in [6.45, 7) is 3.25. The van der Waals surface area contributed by atoms with Crippen LogP contribution in [-0.4, -0.2) is 24.3 Å². The molecule has 0 aliphatic carbocycles. The molecule has 0 saturated carbocycles. The van der Waals surface area contributed by atoms with Gasteiger partial charge in [-0.15, -0.1) is 0 Å². The first-order chi connectivity index (χ1) is 6.23. The molecule has 0 bridgehead atoms. The van der Waals surface area contributed by atoms with Crippen molar-refractivity contribution in [3.8, 4) is 0 Å². The second-order valence-electron chi connectivity index (χ2n) is 3.23. The van der Waals surface area contributed by atoms with Gasteiger partial charge in [-0.05, 0) is 20.3 Å². The number of hydrogen-bond donors (Lipinski definition) is 1. The van der Waals surface area contributed by atoms with Gasteiger partial charge >= 0.3 is 12.1 Å². The van der Waals surface area contributed by atoms with Crippen LogP contribution < -0.4 is 5.73 Å². The number of esters is 1. The average Bonchev–Trinajstić information content (AvgIpc) is 1.96. The van der Waals surface area contributed by atoms with E-state index in [1.165, 1.54) is 0 Å². The normalized spacial score (nSPS) is 14.2. The summed E-state index contributed by atoms with van der Waals surface area (Å²) in [7, 11) is 0. The summed E-state index contributed by atoms with van der Waals surface area (Å²) in [5.74, 6) is -0.653. The molecule has 0 spiro atoms. The molecule has 0 aromatic rings. The Kier molecular flexibility index (Phi) is 4.90. The van der Waals surface area contributed by atoms with Gasteiger partial charge in [-0.25, -0.2) is 0 Å². The third kappa shape index (κ3) is 5.80. The molecular formula is C8H14F3NO2.